The Kier molecular flexibility index (Phi) is 5.44. The van der Waals surface area contributed by atoms with Crippen molar-refractivity contribution < 1.29 is 14.3 Å². The number of nitrogens with one attached hydrogen (secondary N) is 1. The van der Waals surface area contributed by atoms with Gasteiger partial charge in [-0.1, -0.05) is 18.2 Å². The molecule has 6 rings (SSSR count). The predicted molar refractivity (Wildman–Crippen MR) is 139 cm³/mol. The molecule has 1 N–H and O–H groups in total. The maximum atomic E-state index is 13.4. The van der Waals surface area contributed by atoms with E-state index < -0.39 is 6.10 Å². The zero-order valence-electron chi connectivity index (χ0n) is 20.0. The third-order valence-corrected chi connectivity index (χ3v) is 7.02. The number of nitrogens with zero attached hydrogens (tertiary/aromatic N) is 3. The number of carbonyl (C=O) groups excluding carboxylic acids is 2. The van der Waals surface area contributed by atoms with Crippen LogP contribution in [-0.2, 0) is 9.59 Å². The highest BCUT2D eigenvalue weighted by molar-refractivity contribution is 6.18. The van der Waals surface area contributed by atoms with Crippen molar-refractivity contribution in [2.45, 2.75) is 32.3 Å². The van der Waals surface area contributed by atoms with Gasteiger partial charge >= 0.3 is 0 Å². The van der Waals surface area contributed by atoms with Crippen molar-refractivity contribution in [2.24, 2.45) is 0 Å². The maximum absolute atomic E-state index is 13.4. The molecular formula is C28H26N4O4. The Bertz CT molecular complexity index is 1690. The Labute approximate surface area is 206 Å². The molecule has 1 saturated heterocycles. The van der Waals surface area contributed by atoms with Gasteiger partial charge in [-0.15, -0.1) is 0 Å². The van der Waals surface area contributed by atoms with Gasteiger partial charge in [0.25, 0.3) is 11.5 Å². The summed E-state index contributed by atoms with van der Waals surface area (Å²) in [5.41, 5.74) is 2.27. The van der Waals surface area contributed by atoms with Crippen molar-refractivity contribution in [1.82, 2.24) is 19.6 Å². The molecule has 1 fully saturated rings. The minimum Gasteiger partial charge on any atom is -0.481 e. The van der Waals surface area contributed by atoms with Crippen LogP contribution in [0, 0.1) is 0 Å². The number of benzene rings is 2. The number of likely N-dealkylation sites (tertiary alicyclic amines) is 1. The summed E-state index contributed by atoms with van der Waals surface area (Å²) in [4.78, 5) is 44.1. The van der Waals surface area contributed by atoms with E-state index in [2.05, 4.69) is 10.3 Å². The first-order valence-corrected chi connectivity index (χ1v) is 12.3. The van der Waals surface area contributed by atoms with E-state index in [0.717, 1.165) is 45.7 Å². The predicted octanol–water partition coefficient (Wildman–Crippen LogP) is 3.49. The summed E-state index contributed by atoms with van der Waals surface area (Å²) in [6.07, 6.45) is 3.32. The Hall–Kier alpha value is -4.20. The van der Waals surface area contributed by atoms with Gasteiger partial charge in [0.05, 0.1) is 16.6 Å². The van der Waals surface area contributed by atoms with Gasteiger partial charge in [0.1, 0.15) is 5.75 Å². The lowest BCUT2D eigenvalue weighted by molar-refractivity contribution is -0.127. The van der Waals surface area contributed by atoms with Gasteiger partial charge in [-0.05, 0) is 50.1 Å². The van der Waals surface area contributed by atoms with Crippen molar-refractivity contribution in [3.05, 3.63) is 65.1 Å². The molecule has 182 valence electrons. The number of hydrogen-bond donors (Lipinski definition) is 1. The van der Waals surface area contributed by atoms with Gasteiger partial charge in [0, 0.05) is 53.8 Å². The summed E-state index contributed by atoms with van der Waals surface area (Å²) in [6, 6.07) is 15.0. The smallest absolute Gasteiger partial charge is 0.263 e. The minimum atomic E-state index is -0.692. The van der Waals surface area contributed by atoms with Crippen molar-refractivity contribution in [1.29, 1.82) is 0 Å². The fourth-order valence-corrected chi connectivity index (χ4v) is 5.25. The second-order valence-corrected chi connectivity index (χ2v) is 9.31. The standard InChI is InChI=1S/C28H26N4O4/c1-17(27(34)30-12-5-15-31-14-4-8-24(31)33)36-18-9-10-23-22(16-18)20-11-13-29-25-19-6-2-3-7-21(19)28(35)32(23)26(20)25/h2-3,6-7,9-11,13,16-17H,4-5,8,12,14-15H2,1H3,(H,30,34)/t17-/m0/s1. The third-order valence-electron chi connectivity index (χ3n) is 7.02. The summed E-state index contributed by atoms with van der Waals surface area (Å²) < 4.78 is 7.69. The lowest BCUT2D eigenvalue weighted by atomic mass is 10.1. The summed E-state index contributed by atoms with van der Waals surface area (Å²) in [5, 5.41) is 6.14. The number of fused-ring (bicyclic) bond motifs is 5. The molecule has 0 radical (unpaired) electrons. The molecule has 1 aliphatic heterocycles. The Morgan fingerprint density at radius 2 is 1.92 bits per heavy atom. The summed E-state index contributed by atoms with van der Waals surface area (Å²) in [6.45, 7) is 3.67. The molecule has 0 unspecified atom stereocenters. The van der Waals surface area contributed by atoms with Crippen LogP contribution < -0.4 is 15.6 Å². The largest absolute Gasteiger partial charge is 0.481 e. The van der Waals surface area contributed by atoms with Crippen LogP contribution in [0.4, 0.5) is 0 Å². The molecule has 36 heavy (non-hydrogen) atoms. The average molecular weight is 483 g/mol. The number of rotatable bonds is 7. The zero-order chi connectivity index (χ0) is 24.8. The molecule has 0 spiro atoms. The Morgan fingerprint density at radius 1 is 1.08 bits per heavy atom. The number of ether oxygens (including phenoxy) is 1. The number of pyridine rings is 2. The molecule has 3 aromatic heterocycles. The van der Waals surface area contributed by atoms with Crippen LogP contribution in [0.1, 0.15) is 26.2 Å². The fraction of sp³-hybridized carbons (Fsp3) is 0.286. The molecule has 4 heterocycles. The highest BCUT2D eigenvalue weighted by Crippen LogP contribution is 2.34. The van der Waals surface area contributed by atoms with E-state index in [9.17, 15) is 14.4 Å². The molecule has 1 atom stereocenters. The van der Waals surface area contributed by atoms with Crippen molar-refractivity contribution in [3.8, 4) is 5.75 Å². The molecule has 0 saturated carbocycles. The molecule has 1 aliphatic rings. The van der Waals surface area contributed by atoms with Crippen LogP contribution in [0.3, 0.4) is 0 Å². The van der Waals surface area contributed by atoms with Crippen LogP contribution in [0.5, 0.6) is 5.75 Å². The number of aromatic nitrogens is 2. The van der Waals surface area contributed by atoms with Crippen LogP contribution in [-0.4, -0.2) is 51.8 Å². The third kappa shape index (κ3) is 3.61. The summed E-state index contributed by atoms with van der Waals surface area (Å²) in [7, 11) is 0. The highest BCUT2D eigenvalue weighted by Gasteiger charge is 2.21. The first kappa shape index (κ1) is 22.3. The average Bonchev–Trinajstić information content (AvgIpc) is 3.46. The normalized spacial score (nSPS) is 14.9. The van der Waals surface area contributed by atoms with E-state index in [1.165, 1.54) is 0 Å². The molecule has 2 aromatic carbocycles. The minimum absolute atomic E-state index is 0.0804. The van der Waals surface area contributed by atoms with Gasteiger partial charge in [-0.25, -0.2) is 0 Å². The van der Waals surface area contributed by atoms with Crippen LogP contribution in [0.15, 0.2) is 59.5 Å². The van der Waals surface area contributed by atoms with Gasteiger partial charge < -0.3 is 15.0 Å². The molecular weight excluding hydrogens is 456 g/mol. The first-order valence-electron chi connectivity index (χ1n) is 12.3. The maximum Gasteiger partial charge on any atom is 0.263 e. The number of amides is 2. The van der Waals surface area contributed by atoms with Gasteiger partial charge in [-0.2, -0.15) is 0 Å². The molecule has 0 aliphatic carbocycles. The number of carbonyl (C=O) groups is 2. The van der Waals surface area contributed by atoms with Gasteiger partial charge in [0.15, 0.2) is 6.10 Å². The molecule has 8 nitrogen and oxygen atoms in total. The second kappa shape index (κ2) is 8.78. The van der Waals surface area contributed by atoms with E-state index in [-0.39, 0.29) is 17.4 Å². The molecule has 2 amide bonds. The van der Waals surface area contributed by atoms with E-state index >= 15 is 0 Å². The van der Waals surface area contributed by atoms with Gasteiger partial charge in [0.2, 0.25) is 5.91 Å². The van der Waals surface area contributed by atoms with E-state index in [0.29, 0.717) is 37.1 Å². The van der Waals surface area contributed by atoms with E-state index in [4.69, 9.17) is 4.74 Å². The van der Waals surface area contributed by atoms with Crippen molar-refractivity contribution in [3.63, 3.8) is 0 Å². The lowest BCUT2D eigenvalue weighted by Gasteiger charge is -2.17. The van der Waals surface area contributed by atoms with Crippen molar-refractivity contribution >= 4 is 49.9 Å². The lowest BCUT2D eigenvalue weighted by Crippen LogP contribution is -2.38. The first-order chi connectivity index (χ1) is 17.5. The number of hydrogen-bond acceptors (Lipinski definition) is 5. The molecule has 8 heteroatoms. The SMILES string of the molecule is C[C@H](Oc1ccc2c(c1)c1ccnc3c4ccccc4c(=O)n2c13)C(=O)NCCCN1CCCC1=O. The fourth-order valence-electron chi connectivity index (χ4n) is 5.25. The highest BCUT2D eigenvalue weighted by atomic mass is 16.5. The molecule has 0 bridgehead atoms. The van der Waals surface area contributed by atoms with Gasteiger partial charge in [-0.3, -0.25) is 23.8 Å². The second-order valence-electron chi connectivity index (χ2n) is 9.31. The van der Waals surface area contributed by atoms with E-state index in [1.54, 1.807) is 23.6 Å². The van der Waals surface area contributed by atoms with E-state index in [1.807, 2.05) is 47.4 Å². The topological polar surface area (TPSA) is 93.0 Å². The molecule has 5 aromatic rings. The monoisotopic (exact) mass is 482 g/mol. The zero-order valence-corrected chi connectivity index (χ0v) is 20.0. The van der Waals surface area contributed by atoms with Crippen LogP contribution in [0.25, 0.3) is 38.1 Å². The van der Waals surface area contributed by atoms with Crippen LogP contribution >= 0.6 is 0 Å². The Balaban J connectivity index is 1.25. The quantitative estimate of drug-likeness (QED) is 0.283. The van der Waals surface area contributed by atoms with Crippen LogP contribution in [0.2, 0.25) is 0 Å². The Morgan fingerprint density at radius 3 is 2.72 bits per heavy atom. The summed E-state index contributed by atoms with van der Waals surface area (Å²) in [5.74, 6) is 0.536. The van der Waals surface area contributed by atoms with Crippen molar-refractivity contribution in [2.75, 3.05) is 19.6 Å². The summed E-state index contributed by atoms with van der Waals surface area (Å²) >= 11 is 0.